The van der Waals surface area contributed by atoms with E-state index in [0.29, 0.717) is 6.10 Å². The van der Waals surface area contributed by atoms with Crippen molar-refractivity contribution in [3.63, 3.8) is 0 Å². The quantitative estimate of drug-likeness (QED) is 0.275. The Morgan fingerprint density at radius 1 is 0.958 bits per heavy atom. The molecule has 0 aliphatic rings. The summed E-state index contributed by atoms with van der Waals surface area (Å²) >= 11 is 0. The van der Waals surface area contributed by atoms with Gasteiger partial charge in [0.2, 0.25) is 0 Å². The summed E-state index contributed by atoms with van der Waals surface area (Å²) in [6, 6.07) is 0. The number of carboxylic acid groups (broad SMARTS) is 1. The second-order valence-electron chi connectivity index (χ2n) is 6.10. The first-order valence-corrected chi connectivity index (χ1v) is 9.40. The molecule has 0 unspecified atom stereocenters. The van der Waals surface area contributed by atoms with Gasteiger partial charge in [-0.1, -0.05) is 56.2 Å². The maximum absolute atomic E-state index is 10.4. The molecule has 0 aromatic rings. The minimum absolute atomic E-state index is 0.256. The molecule has 0 bridgehead atoms. The minimum atomic E-state index is -0.716. The lowest BCUT2D eigenvalue weighted by molar-refractivity contribution is -0.137. The first-order chi connectivity index (χ1) is 11.7. The summed E-state index contributed by atoms with van der Waals surface area (Å²) in [5, 5.41) is 8.53. The fourth-order valence-corrected chi connectivity index (χ4v) is 2.37. The molecular weight excluding hydrogens is 300 g/mol. The highest BCUT2D eigenvalue weighted by Crippen LogP contribution is 2.09. The summed E-state index contributed by atoms with van der Waals surface area (Å²) in [4.78, 5) is 10.4. The molecule has 3 heteroatoms. The zero-order valence-corrected chi connectivity index (χ0v) is 15.6. The van der Waals surface area contributed by atoms with Crippen LogP contribution >= 0.6 is 0 Å². The van der Waals surface area contributed by atoms with Crippen molar-refractivity contribution in [3.8, 4) is 0 Å². The maximum atomic E-state index is 10.4. The van der Waals surface area contributed by atoms with E-state index < -0.39 is 5.97 Å². The van der Waals surface area contributed by atoms with E-state index in [9.17, 15) is 4.79 Å². The smallest absolute Gasteiger partial charge is 0.303 e. The number of methoxy groups -OCH3 is 1. The van der Waals surface area contributed by atoms with E-state index in [0.717, 1.165) is 38.5 Å². The molecule has 0 rings (SSSR count). The molecular formula is C21H36O3. The van der Waals surface area contributed by atoms with Crippen LogP contribution in [0, 0.1) is 0 Å². The number of unbranched alkanes of at least 4 members (excludes halogenated alkanes) is 4. The third kappa shape index (κ3) is 17.0. The van der Waals surface area contributed by atoms with Crippen molar-refractivity contribution in [1.82, 2.24) is 0 Å². The monoisotopic (exact) mass is 336 g/mol. The van der Waals surface area contributed by atoms with Crippen LogP contribution in [0.5, 0.6) is 0 Å². The highest BCUT2D eigenvalue weighted by Gasteiger charge is 2.02. The van der Waals surface area contributed by atoms with E-state index in [1.54, 1.807) is 7.11 Å². The fourth-order valence-electron chi connectivity index (χ4n) is 2.37. The lowest BCUT2D eigenvalue weighted by Gasteiger charge is -2.11. The van der Waals surface area contributed by atoms with Crippen LogP contribution in [0.3, 0.4) is 0 Å². The van der Waals surface area contributed by atoms with Crippen LogP contribution in [-0.2, 0) is 9.53 Å². The Balaban J connectivity index is 3.63. The standard InChI is InChI=1S/C21H36O3/c1-3-4-5-6-11-14-17-20(24-2)18-15-12-9-7-8-10-13-16-19-21(22)23/h8-12,14,20H,3-7,13,15-19H2,1-2H3,(H,22,23)/b10-8-,12-9-,14-11-/t20-/m1/s1. The Morgan fingerprint density at radius 3 is 2.29 bits per heavy atom. The van der Waals surface area contributed by atoms with E-state index >= 15 is 0 Å². The predicted octanol–water partition coefficient (Wildman–Crippen LogP) is 6.07. The summed E-state index contributed by atoms with van der Waals surface area (Å²) in [6.07, 6.45) is 24.3. The predicted molar refractivity (Wildman–Crippen MR) is 102 cm³/mol. The first kappa shape index (κ1) is 22.6. The van der Waals surface area contributed by atoms with E-state index in [2.05, 4.69) is 43.4 Å². The second-order valence-corrected chi connectivity index (χ2v) is 6.10. The number of rotatable bonds is 16. The second kappa shape index (κ2) is 18.0. The summed E-state index contributed by atoms with van der Waals surface area (Å²) in [5.41, 5.74) is 0. The Labute approximate surface area is 148 Å². The molecule has 0 heterocycles. The zero-order valence-electron chi connectivity index (χ0n) is 15.6. The van der Waals surface area contributed by atoms with Crippen LogP contribution in [0.1, 0.15) is 77.6 Å². The van der Waals surface area contributed by atoms with Gasteiger partial charge in [0, 0.05) is 13.5 Å². The summed E-state index contributed by atoms with van der Waals surface area (Å²) in [5.74, 6) is -0.716. The molecule has 0 radical (unpaired) electrons. The Bertz CT molecular complexity index is 369. The van der Waals surface area contributed by atoms with Crippen molar-refractivity contribution < 1.29 is 14.6 Å². The van der Waals surface area contributed by atoms with Gasteiger partial charge in [-0.25, -0.2) is 0 Å². The highest BCUT2D eigenvalue weighted by atomic mass is 16.5. The average Bonchev–Trinajstić information content (AvgIpc) is 2.57. The van der Waals surface area contributed by atoms with Crippen LogP contribution < -0.4 is 0 Å². The van der Waals surface area contributed by atoms with Gasteiger partial charge in [0.15, 0.2) is 0 Å². The molecule has 0 amide bonds. The number of carbonyl (C=O) groups is 1. The third-order valence-electron chi connectivity index (χ3n) is 3.90. The maximum Gasteiger partial charge on any atom is 0.303 e. The van der Waals surface area contributed by atoms with Gasteiger partial charge in [-0.2, -0.15) is 0 Å². The van der Waals surface area contributed by atoms with Crippen LogP contribution in [0.4, 0.5) is 0 Å². The third-order valence-corrected chi connectivity index (χ3v) is 3.90. The van der Waals surface area contributed by atoms with Crippen LogP contribution in [-0.4, -0.2) is 24.3 Å². The summed E-state index contributed by atoms with van der Waals surface area (Å²) in [7, 11) is 1.79. The molecule has 0 aliphatic carbocycles. The van der Waals surface area contributed by atoms with Gasteiger partial charge in [0.05, 0.1) is 6.10 Å². The molecule has 0 aromatic heterocycles. The molecule has 0 aromatic carbocycles. The molecule has 0 saturated heterocycles. The van der Waals surface area contributed by atoms with E-state index in [1.165, 1.54) is 25.7 Å². The number of aliphatic carboxylic acids is 1. The SMILES string of the molecule is CCCCC/C=C\C[C@H](CC/C=C\C/C=C\CCCC(=O)O)OC. The van der Waals surface area contributed by atoms with Gasteiger partial charge in [-0.3, -0.25) is 4.79 Å². The van der Waals surface area contributed by atoms with Crippen molar-refractivity contribution in [3.05, 3.63) is 36.5 Å². The van der Waals surface area contributed by atoms with Gasteiger partial charge in [-0.15, -0.1) is 0 Å². The molecule has 3 nitrogen and oxygen atoms in total. The first-order valence-electron chi connectivity index (χ1n) is 9.40. The lowest BCUT2D eigenvalue weighted by Crippen LogP contribution is -2.08. The molecule has 0 aliphatic heterocycles. The van der Waals surface area contributed by atoms with Crippen molar-refractivity contribution in [2.24, 2.45) is 0 Å². The highest BCUT2D eigenvalue weighted by molar-refractivity contribution is 5.66. The molecule has 24 heavy (non-hydrogen) atoms. The van der Waals surface area contributed by atoms with E-state index in [4.69, 9.17) is 9.84 Å². The number of hydrogen-bond donors (Lipinski definition) is 1. The molecule has 0 spiro atoms. The number of ether oxygens (including phenoxy) is 1. The number of allylic oxidation sites excluding steroid dienone is 5. The topological polar surface area (TPSA) is 46.5 Å². The number of carboxylic acids is 1. The van der Waals surface area contributed by atoms with Gasteiger partial charge in [0.25, 0.3) is 0 Å². The van der Waals surface area contributed by atoms with Gasteiger partial charge in [-0.05, 0) is 51.4 Å². The van der Waals surface area contributed by atoms with Gasteiger partial charge < -0.3 is 9.84 Å². The normalized spacial score (nSPS) is 13.4. The Hall–Kier alpha value is -1.35. The Morgan fingerprint density at radius 2 is 1.62 bits per heavy atom. The van der Waals surface area contributed by atoms with Gasteiger partial charge >= 0.3 is 5.97 Å². The summed E-state index contributed by atoms with van der Waals surface area (Å²) < 4.78 is 5.52. The Kier molecular flexibility index (Phi) is 17.0. The van der Waals surface area contributed by atoms with E-state index in [-0.39, 0.29) is 6.42 Å². The molecule has 0 saturated carbocycles. The van der Waals surface area contributed by atoms with Crippen molar-refractivity contribution in [1.29, 1.82) is 0 Å². The molecule has 138 valence electrons. The zero-order chi connectivity index (χ0) is 17.9. The van der Waals surface area contributed by atoms with E-state index in [1.807, 2.05) is 0 Å². The molecule has 1 atom stereocenters. The van der Waals surface area contributed by atoms with Crippen molar-refractivity contribution in [2.45, 2.75) is 83.7 Å². The largest absolute Gasteiger partial charge is 0.481 e. The van der Waals surface area contributed by atoms with Crippen LogP contribution in [0.25, 0.3) is 0 Å². The minimum Gasteiger partial charge on any atom is -0.481 e. The molecule has 1 N–H and O–H groups in total. The van der Waals surface area contributed by atoms with Crippen molar-refractivity contribution in [2.75, 3.05) is 7.11 Å². The summed E-state index contributed by atoms with van der Waals surface area (Å²) in [6.45, 7) is 2.23. The van der Waals surface area contributed by atoms with Crippen LogP contribution in [0.15, 0.2) is 36.5 Å². The lowest BCUT2D eigenvalue weighted by atomic mass is 10.1. The fraction of sp³-hybridized carbons (Fsp3) is 0.667. The molecule has 0 fully saturated rings. The van der Waals surface area contributed by atoms with Crippen LogP contribution in [0.2, 0.25) is 0 Å². The number of hydrogen-bond acceptors (Lipinski definition) is 2. The average molecular weight is 337 g/mol. The van der Waals surface area contributed by atoms with Gasteiger partial charge in [0.1, 0.15) is 0 Å². The van der Waals surface area contributed by atoms with Crippen molar-refractivity contribution >= 4 is 5.97 Å².